The summed E-state index contributed by atoms with van der Waals surface area (Å²) in [5.74, 6) is 0.590. The van der Waals surface area contributed by atoms with Gasteiger partial charge >= 0.3 is 0 Å². The molecular formula is C16H16BrN3O. The Morgan fingerprint density at radius 3 is 2.67 bits per heavy atom. The van der Waals surface area contributed by atoms with Crippen molar-refractivity contribution in [3.05, 3.63) is 52.0 Å². The van der Waals surface area contributed by atoms with Gasteiger partial charge in [-0.1, -0.05) is 22.0 Å². The fraction of sp³-hybridized carbons (Fsp3) is 0.188. The van der Waals surface area contributed by atoms with Gasteiger partial charge in [0.1, 0.15) is 11.8 Å². The first-order valence-corrected chi connectivity index (χ1v) is 7.17. The highest BCUT2D eigenvalue weighted by Crippen LogP contribution is 2.28. The summed E-state index contributed by atoms with van der Waals surface area (Å²) in [7, 11) is 3.54. The number of halogens is 1. The molecule has 0 heterocycles. The zero-order chi connectivity index (χ0) is 15.4. The monoisotopic (exact) mass is 345 g/mol. The molecule has 2 aromatic rings. The molecule has 0 aliphatic heterocycles. The van der Waals surface area contributed by atoms with Gasteiger partial charge in [-0.15, -0.1) is 0 Å². The smallest absolute Gasteiger partial charge is 0.136 e. The van der Waals surface area contributed by atoms with E-state index in [4.69, 9.17) is 15.7 Å². The minimum Gasteiger partial charge on any atom is -0.495 e. The van der Waals surface area contributed by atoms with Gasteiger partial charge in [0.2, 0.25) is 0 Å². The molecule has 2 aromatic carbocycles. The van der Waals surface area contributed by atoms with Crippen LogP contribution in [0.5, 0.6) is 5.75 Å². The van der Waals surface area contributed by atoms with E-state index < -0.39 is 0 Å². The molecule has 0 saturated heterocycles. The van der Waals surface area contributed by atoms with Crippen LogP contribution in [0.1, 0.15) is 11.1 Å². The maximum Gasteiger partial charge on any atom is 0.136 e. The molecule has 0 unspecified atom stereocenters. The number of nitrogen functional groups attached to an aromatic ring is 1. The van der Waals surface area contributed by atoms with Gasteiger partial charge in [-0.2, -0.15) is 5.26 Å². The molecule has 0 atom stereocenters. The van der Waals surface area contributed by atoms with Gasteiger partial charge in [-0.3, -0.25) is 0 Å². The predicted molar refractivity (Wildman–Crippen MR) is 88.4 cm³/mol. The van der Waals surface area contributed by atoms with Crippen LogP contribution in [-0.4, -0.2) is 14.2 Å². The Bertz CT molecular complexity index is 694. The fourth-order valence-corrected chi connectivity index (χ4v) is 2.54. The van der Waals surface area contributed by atoms with Crippen LogP contribution in [0.2, 0.25) is 0 Å². The van der Waals surface area contributed by atoms with Crippen LogP contribution < -0.4 is 15.4 Å². The Hall–Kier alpha value is -2.19. The average Bonchev–Trinajstić information content (AvgIpc) is 2.46. The van der Waals surface area contributed by atoms with Crippen molar-refractivity contribution in [1.82, 2.24) is 0 Å². The lowest BCUT2D eigenvalue weighted by Crippen LogP contribution is -2.17. The lowest BCUT2D eigenvalue weighted by Gasteiger charge is -2.21. The number of nitriles is 1. The Kier molecular flexibility index (Phi) is 4.71. The fourth-order valence-electron chi connectivity index (χ4n) is 2.16. The molecule has 21 heavy (non-hydrogen) atoms. The third-order valence-corrected chi connectivity index (χ3v) is 3.70. The minimum absolute atomic E-state index is 0.534. The number of nitrogens with two attached hydrogens (primary N) is 1. The van der Waals surface area contributed by atoms with E-state index in [1.807, 2.05) is 37.4 Å². The first-order valence-electron chi connectivity index (χ1n) is 6.38. The van der Waals surface area contributed by atoms with Crippen molar-refractivity contribution in [2.45, 2.75) is 6.54 Å². The van der Waals surface area contributed by atoms with Gasteiger partial charge in [0.05, 0.1) is 24.0 Å². The molecule has 4 nitrogen and oxygen atoms in total. The summed E-state index contributed by atoms with van der Waals surface area (Å²) in [4.78, 5) is 2.06. The van der Waals surface area contributed by atoms with Gasteiger partial charge in [0.15, 0.2) is 0 Å². The Morgan fingerprint density at radius 2 is 2.05 bits per heavy atom. The molecule has 0 spiro atoms. The molecule has 0 fully saturated rings. The van der Waals surface area contributed by atoms with E-state index in [1.54, 1.807) is 13.2 Å². The standard InChI is InChI=1S/C16H16BrN3O/c1-20(15-6-5-13(17)8-14(15)19)10-11-3-4-12(9-18)16(7-11)21-2/h3-8H,10,19H2,1-2H3. The van der Waals surface area contributed by atoms with E-state index in [0.29, 0.717) is 23.5 Å². The third-order valence-electron chi connectivity index (χ3n) is 3.21. The van der Waals surface area contributed by atoms with E-state index in [-0.39, 0.29) is 0 Å². The maximum absolute atomic E-state index is 9.00. The number of ether oxygens (including phenoxy) is 1. The molecule has 0 amide bonds. The van der Waals surface area contributed by atoms with Crippen LogP contribution >= 0.6 is 15.9 Å². The molecule has 0 aliphatic carbocycles. The summed E-state index contributed by atoms with van der Waals surface area (Å²) < 4.78 is 6.19. The van der Waals surface area contributed by atoms with E-state index in [2.05, 4.69) is 26.9 Å². The Balaban J connectivity index is 2.23. The van der Waals surface area contributed by atoms with Crippen molar-refractivity contribution in [1.29, 1.82) is 5.26 Å². The van der Waals surface area contributed by atoms with Crippen LogP contribution in [0.15, 0.2) is 40.9 Å². The SMILES string of the molecule is COc1cc(CN(C)c2ccc(Br)cc2N)ccc1C#N. The zero-order valence-corrected chi connectivity index (χ0v) is 13.5. The van der Waals surface area contributed by atoms with E-state index in [0.717, 1.165) is 15.7 Å². The van der Waals surface area contributed by atoms with Crippen LogP contribution in [0.25, 0.3) is 0 Å². The molecule has 2 rings (SSSR count). The second-order valence-electron chi connectivity index (χ2n) is 4.71. The number of anilines is 2. The molecule has 5 heteroatoms. The van der Waals surface area contributed by atoms with Crippen molar-refractivity contribution in [3.63, 3.8) is 0 Å². The molecule has 0 saturated carbocycles. The van der Waals surface area contributed by atoms with Crippen LogP contribution in [0, 0.1) is 11.3 Å². The summed E-state index contributed by atoms with van der Waals surface area (Å²) in [5.41, 5.74) is 9.30. The number of methoxy groups -OCH3 is 1. The quantitative estimate of drug-likeness (QED) is 0.860. The summed E-state index contributed by atoms with van der Waals surface area (Å²) >= 11 is 3.40. The van der Waals surface area contributed by atoms with E-state index in [9.17, 15) is 0 Å². The van der Waals surface area contributed by atoms with Crippen molar-refractivity contribution in [2.75, 3.05) is 24.8 Å². The minimum atomic E-state index is 0.534. The lowest BCUT2D eigenvalue weighted by molar-refractivity contribution is 0.413. The first kappa shape index (κ1) is 15.2. The number of benzene rings is 2. The largest absolute Gasteiger partial charge is 0.495 e. The number of nitrogens with zero attached hydrogens (tertiary/aromatic N) is 2. The number of hydrogen-bond donors (Lipinski definition) is 1. The summed E-state index contributed by atoms with van der Waals surface area (Å²) in [6, 6.07) is 13.5. The molecule has 108 valence electrons. The lowest BCUT2D eigenvalue weighted by atomic mass is 10.1. The molecule has 0 aliphatic rings. The van der Waals surface area contributed by atoms with Gasteiger partial charge in [0.25, 0.3) is 0 Å². The third kappa shape index (κ3) is 3.47. The molecule has 0 radical (unpaired) electrons. The second-order valence-corrected chi connectivity index (χ2v) is 5.62. The molecule has 2 N–H and O–H groups in total. The van der Waals surface area contributed by atoms with Crippen molar-refractivity contribution in [2.24, 2.45) is 0 Å². The summed E-state index contributed by atoms with van der Waals surface area (Å²) in [5, 5.41) is 9.00. The van der Waals surface area contributed by atoms with Gasteiger partial charge in [-0.05, 0) is 35.9 Å². The van der Waals surface area contributed by atoms with Crippen LogP contribution in [0.3, 0.4) is 0 Å². The molecule has 0 aromatic heterocycles. The second kappa shape index (κ2) is 6.51. The van der Waals surface area contributed by atoms with Crippen LogP contribution in [-0.2, 0) is 6.54 Å². The van der Waals surface area contributed by atoms with Gasteiger partial charge in [0, 0.05) is 18.1 Å². The first-order chi connectivity index (χ1) is 10.0. The van der Waals surface area contributed by atoms with Crippen molar-refractivity contribution in [3.8, 4) is 11.8 Å². The number of hydrogen-bond acceptors (Lipinski definition) is 4. The zero-order valence-electron chi connectivity index (χ0n) is 11.9. The highest BCUT2D eigenvalue weighted by Gasteiger charge is 2.09. The van der Waals surface area contributed by atoms with Gasteiger partial charge in [-0.25, -0.2) is 0 Å². The van der Waals surface area contributed by atoms with Gasteiger partial charge < -0.3 is 15.4 Å². The normalized spacial score (nSPS) is 10.0. The Labute approximate surface area is 132 Å². The maximum atomic E-state index is 9.00. The highest BCUT2D eigenvalue weighted by atomic mass is 79.9. The summed E-state index contributed by atoms with van der Waals surface area (Å²) in [6.07, 6.45) is 0. The van der Waals surface area contributed by atoms with Crippen molar-refractivity contribution < 1.29 is 4.74 Å². The molecule has 0 bridgehead atoms. The highest BCUT2D eigenvalue weighted by molar-refractivity contribution is 9.10. The van der Waals surface area contributed by atoms with Crippen LogP contribution in [0.4, 0.5) is 11.4 Å². The topological polar surface area (TPSA) is 62.3 Å². The number of rotatable bonds is 4. The average molecular weight is 346 g/mol. The predicted octanol–water partition coefficient (Wildman–Crippen LogP) is 3.55. The Morgan fingerprint density at radius 1 is 1.29 bits per heavy atom. The van der Waals surface area contributed by atoms with E-state index in [1.165, 1.54) is 0 Å². The summed E-state index contributed by atoms with van der Waals surface area (Å²) in [6.45, 7) is 0.675. The van der Waals surface area contributed by atoms with E-state index >= 15 is 0 Å². The van der Waals surface area contributed by atoms with Crippen molar-refractivity contribution >= 4 is 27.3 Å². The molecular weight excluding hydrogens is 330 g/mol.